The Morgan fingerprint density at radius 1 is 0.463 bits per heavy atom. The van der Waals surface area contributed by atoms with E-state index in [0.29, 0.717) is 0 Å². The summed E-state index contributed by atoms with van der Waals surface area (Å²) >= 11 is 1.72. The van der Waals surface area contributed by atoms with E-state index >= 15 is 0 Å². The quantitative estimate of drug-likeness (QED) is 0.208. The van der Waals surface area contributed by atoms with Gasteiger partial charge in [0.2, 0.25) is 0 Å². The van der Waals surface area contributed by atoms with Gasteiger partial charge in [-0.2, -0.15) is 0 Å². The van der Waals surface area contributed by atoms with Crippen molar-refractivity contribution in [2.45, 2.75) is 0 Å². The van der Waals surface area contributed by atoms with Crippen LogP contribution in [0.15, 0.2) is 140 Å². The molecular weight excluding hydrogens is 518 g/mol. The van der Waals surface area contributed by atoms with Crippen LogP contribution in [0.2, 0.25) is 0 Å². The van der Waals surface area contributed by atoms with Crippen LogP contribution in [-0.4, -0.2) is 15.0 Å². The minimum atomic E-state index is 0.909. The Labute approximate surface area is 241 Å². The standard InChI is InChI=1S/C37H23N3S/c1-3-9-24(10-4-1)28-21-22-38-35-29(28)19-20-30-31(25-11-5-2-6-12-25)23-33(39-36(30)35)26-15-17-27(18-16-26)37-40-32-13-7-8-14-34(32)41-37/h1-23H. The zero-order chi connectivity index (χ0) is 27.2. The summed E-state index contributed by atoms with van der Waals surface area (Å²) in [6.45, 7) is 0. The van der Waals surface area contributed by atoms with Crippen LogP contribution in [0.1, 0.15) is 0 Å². The van der Waals surface area contributed by atoms with E-state index in [1.807, 2.05) is 18.3 Å². The van der Waals surface area contributed by atoms with Crippen LogP contribution in [0.5, 0.6) is 0 Å². The smallest absolute Gasteiger partial charge is 0.124 e. The van der Waals surface area contributed by atoms with Gasteiger partial charge >= 0.3 is 0 Å². The maximum absolute atomic E-state index is 5.26. The molecule has 0 aliphatic rings. The summed E-state index contributed by atoms with van der Waals surface area (Å²) in [6.07, 6.45) is 1.90. The number of rotatable bonds is 4. The summed E-state index contributed by atoms with van der Waals surface area (Å²) in [5, 5.41) is 3.22. The van der Waals surface area contributed by atoms with Gasteiger partial charge in [0.05, 0.1) is 26.9 Å². The molecular formula is C37H23N3S. The molecule has 8 rings (SSSR count). The molecule has 0 spiro atoms. The molecule has 4 heteroatoms. The Morgan fingerprint density at radius 3 is 1.83 bits per heavy atom. The predicted molar refractivity (Wildman–Crippen MR) is 172 cm³/mol. The summed E-state index contributed by atoms with van der Waals surface area (Å²) in [5.41, 5.74) is 10.6. The van der Waals surface area contributed by atoms with Crippen LogP contribution in [0.4, 0.5) is 0 Å². The molecule has 0 saturated heterocycles. The minimum absolute atomic E-state index is 0.909. The van der Waals surface area contributed by atoms with Gasteiger partial charge in [-0.05, 0) is 46.5 Å². The maximum Gasteiger partial charge on any atom is 0.124 e. The highest BCUT2D eigenvalue weighted by Crippen LogP contribution is 2.38. The average Bonchev–Trinajstić information content (AvgIpc) is 3.49. The van der Waals surface area contributed by atoms with Crippen molar-refractivity contribution in [2.75, 3.05) is 0 Å². The Morgan fingerprint density at radius 2 is 1.10 bits per heavy atom. The zero-order valence-corrected chi connectivity index (χ0v) is 22.8. The van der Waals surface area contributed by atoms with Gasteiger partial charge < -0.3 is 0 Å². The molecule has 0 saturated carbocycles. The van der Waals surface area contributed by atoms with E-state index in [9.17, 15) is 0 Å². The summed E-state index contributed by atoms with van der Waals surface area (Å²) in [5.74, 6) is 0. The van der Waals surface area contributed by atoms with Crippen molar-refractivity contribution in [3.63, 3.8) is 0 Å². The van der Waals surface area contributed by atoms with E-state index in [1.165, 1.54) is 10.3 Å². The van der Waals surface area contributed by atoms with Gasteiger partial charge in [0.1, 0.15) is 5.01 Å². The molecule has 3 heterocycles. The number of hydrogen-bond donors (Lipinski definition) is 0. The molecule has 5 aromatic carbocycles. The van der Waals surface area contributed by atoms with Gasteiger partial charge in [0, 0.05) is 28.1 Å². The molecule has 0 amide bonds. The molecule has 0 fully saturated rings. The highest BCUT2D eigenvalue weighted by atomic mass is 32.1. The molecule has 3 aromatic heterocycles. The fourth-order valence-corrected chi connectivity index (χ4v) is 6.53. The molecule has 0 N–H and O–H groups in total. The van der Waals surface area contributed by atoms with Crippen molar-refractivity contribution in [1.29, 1.82) is 0 Å². The van der Waals surface area contributed by atoms with Gasteiger partial charge in [-0.15, -0.1) is 11.3 Å². The van der Waals surface area contributed by atoms with Crippen molar-refractivity contribution in [2.24, 2.45) is 0 Å². The lowest BCUT2D eigenvalue weighted by molar-refractivity contribution is 1.37. The van der Waals surface area contributed by atoms with Crippen LogP contribution < -0.4 is 0 Å². The third-order valence-corrected chi connectivity index (χ3v) is 8.67. The largest absolute Gasteiger partial charge is 0.254 e. The predicted octanol–water partition coefficient (Wildman–Crippen LogP) is 10.1. The maximum atomic E-state index is 5.26. The number of nitrogens with zero attached hydrogens (tertiary/aromatic N) is 3. The molecule has 0 radical (unpaired) electrons. The molecule has 0 bridgehead atoms. The van der Waals surface area contributed by atoms with E-state index in [2.05, 4.69) is 121 Å². The molecule has 0 aliphatic heterocycles. The van der Waals surface area contributed by atoms with Crippen molar-refractivity contribution in [1.82, 2.24) is 15.0 Å². The normalized spacial score (nSPS) is 11.4. The average molecular weight is 542 g/mol. The van der Waals surface area contributed by atoms with E-state index in [4.69, 9.17) is 15.0 Å². The number of pyridine rings is 2. The lowest BCUT2D eigenvalue weighted by Crippen LogP contribution is -1.93. The van der Waals surface area contributed by atoms with Gasteiger partial charge in [-0.3, -0.25) is 4.98 Å². The molecule has 8 aromatic rings. The molecule has 0 atom stereocenters. The second kappa shape index (κ2) is 9.77. The number of benzene rings is 5. The van der Waals surface area contributed by atoms with Crippen molar-refractivity contribution < 1.29 is 0 Å². The summed E-state index contributed by atoms with van der Waals surface area (Å²) < 4.78 is 1.20. The third kappa shape index (κ3) is 4.17. The first-order valence-electron chi connectivity index (χ1n) is 13.6. The number of thiazole rings is 1. The molecule has 0 unspecified atom stereocenters. The van der Waals surface area contributed by atoms with Crippen molar-refractivity contribution in [3.05, 3.63) is 140 Å². The van der Waals surface area contributed by atoms with Crippen LogP contribution in [0, 0.1) is 0 Å². The lowest BCUT2D eigenvalue weighted by Gasteiger charge is -2.14. The summed E-state index contributed by atoms with van der Waals surface area (Å²) in [6, 6.07) is 46.6. The Balaban J connectivity index is 1.32. The van der Waals surface area contributed by atoms with Crippen LogP contribution in [0.25, 0.3) is 76.1 Å². The number of fused-ring (bicyclic) bond motifs is 4. The Hall–Kier alpha value is -5.19. The minimum Gasteiger partial charge on any atom is -0.254 e. The van der Waals surface area contributed by atoms with Gasteiger partial charge in [-0.1, -0.05) is 109 Å². The van der Waals surface area contributed by atoms with E-state index in [0.717, 1.165) is 65.8 Å². The fraction of sp³-hybridized carbons (Fsp3) is 0. The summed E-state index contributed by atoms with van der Waals surface area (Å²) in [7, 11) is 0. The van der Waals surface area contributed by atoms with E-state index in [1.54, 1.807) is 11.3 Å². The first kappa shape index (κ1) is 23.7. The SMILES string of the molecule is c1ccc(-c2ccnc3c2ccc2c(-c4ccccc4)cc(-c4ccc(-c5nc6ccccc6s5)cc4)nc23)cc1. The van der Waals surface area contributed by atoms with Crippen LogP contribution in [-0.2, 0) is 0 Å². The Bertz CT molecular complexity index is 2150. The first-order valence-corrected chi connectivity index (χ1v) is 14.4. The van der Waals surface area contributed by atoms with Crippen LogP contribution >= 0.6 is 11.3 Å². The van der Waals surface area contributed by atoms with Crippen molar-refractivity contribution in [3.8, 4) is 44.1 Å². The number of para-hydroxylation sites is 1. The number of hydrogen-bond acceptors (Lipinski definition) is 4. The first-order chi connectivity index (χ1) is 20.3. The highest BCUT2D eigenvalue weighted by Gasteiger charge is 2.15. The summed E-state index contributed by atoms with van der Waals surface area (Å²) in [4.78, 5) is 15.0. The van der Waals surface area contributed by atoms with Gasteiger partial charge in [-0.25, -0.2) is 9.97 Å². The molecule has 3 nitrogen and oxygen atoms in total. The van der Waals surface area contributed by atoms with Gasteiger partial charge in [0.15, 0.2) is 0 Å². The van der Waals surface area contributed by atoms with E-state index in [-0.39, 0.29) is 0 Å². The fourth-order valence-electron chi connectivity index (χ4n) is 5.55. The molecule has 41 heavy (non-hydrogen) atoms. The van der Waals surface area contributed by atoms with Crippen LogP contribution in [0.3, 0.4) is 0 Å². The second-order valence-electron chi connectivity index (χ2n) is 10.1. The topological polar surface area (TPSA) is 38.7 Å². The second-order valence-corrected chi connectivity index (χ2v) is 11.1. The van der Waals surface area contributed by atoms with Crippen molar-refractivity contribution >= 4 is 43.4 Å². The van der Waals surface area contributed by atoms with E-state index < -0.39 is 0 Å². The molecule has 192 valence electrons. The highest BCUT2D eigenvalue weighted by molar-refractivity contribution is 7.21. The van der Waals surface area contributed by atoms with Gasteiger partial charge in [0.25, 0.3) is 0 Å². The number of aromatic nitrogens is 3. The molecule has 0 aliphatic carbocycles. The monoisotopic (exact) mass is 541 g/mol. The lowest BCUT2D eigenvalue weighted by atomic mass is 9.95. The Kier molecular flexibility index (Phi) is 5.64. The zero-order valence-electron chi connectivity index (χ0n) is 22.0. The third-order valence-electron chi connectivity index (χ3n) is 7.58.